The van der Waals surface area contributed by atoms with Gasteiger partial charge in [-0.2, -0.15) is 5.10 Å². The van der Waals surface area contributed by atoms with Crippen LogP contribution in [0.5, 0.6) is 0 Å². The highest BCUT2D eigenvalue weighted by atomic mass is 32.2. The number of fused-ring (bicyclic) bond motifs is 1. The predicted octanol–water partition coefficient (Wildman–Crippen LogP) is 1.79. The fourth-order valence-corrected chi connectivity index (χ4v) is 3.70. The van der Waals surface area contributed by atoms with Crippen LogP contribution in [0, 0.1) is 6.92 Å². The summed E-state index contributed by atoms with van der Waals surface area (Å²) in [5, 5.41) is 23.1. The topological polar surface area (TPSA) is 97.3 Å². The van der Waals surface area contributed by atoms with Crippen molar-refractivity contribution in [3.8, 4) is 0 Å². The van der Waals surface area contributed by atoms with Gasteiger partial charge in [0.05, 0.1) is 30.2 Å². The monoisotopic (exact) mass is 385 g/mol. The van der Waals surface area contributed by atoms with Crippen molar-refractivity contribution in [1.82, 2.24) is 24.9 Å². The number of thioether (sulfide) groups is 1. The molecule has 0 fully saturated rings. The molecule has 8 nitrogen and oxygen atoms in total. The summed E-state index contributed by atoms with van der Waals surface area (Å²) >= 11 is 1.24. The fourth-order valence-electron chi connectivity index (χ4n) is 2.99. The third kappa shape index (κ3) is 3.88. The lowest BCUT2D eigenvalue weighted by Gasteiger charge is -2.27. The van der Waals surface area contributed by atoms with Crippen LogP contribution in [0.15, 0.2) is 46.0 Å². The quantitative estimate of drug-likeness (QED) is 0.669. The van der Waals surface area contributed by atoms with Gasteiger partial charge in [0.25, 0.3) is 5.22 Å². The van der Waals surface area contributed by atoms with Crippen LogP contribution in [0.25, 0.3) is 0 Å². The van der Waals surface area contributed by atoms with Crippen molar-refractivity contribution in [2.75, 3.05) is 12.3 Å². The molecule has 2 aromatic heterocycles. The average molecular weight is 385 g/mol. The first-order valence-corrected chi connectivity index (χ1v) is 9.59. The molecule has 9 heteroatoms. The summed E-state index contributed by atoms with van der Waals surface area (Å²) in [6, 6.07) is 11.3. The second-order valence-corrected chi connectivity index (χ2v) is 7.21. The fraction of sp³-hybridized carbons (Fsp3) is 0.333. The van der Waals surface area contributed by atoms with E-state index in [0.29, 0.717) is 36.4 Å². The number of benzene rings is 1. The van der Waals surface area contributed by atoms with E-state index in [2.05, 4.69) is 15.3 Å². The van der Waals surface area contributed by atoms with Crippen LogP contribution in [-0.2, 0) is 17.9 Å². The molecule has 1 aromatic carbocycles. The third-order valence-corrected chi connectivity index (χ3v) is 5.19. The summed E-state index contributed by atoms with van der Waals surface area (Å²) in [7, 11) is 0. The number of carbonyl (C=O) groups is 1. The van der Waals surface area contributed by atoms with Crippen LogP contribution in [-0.4, -0.2) is 48.2 Å². The Morgan fingerprint density at radius 3 is 2.85 bits per heavy atom. The first kappa shape index (κ1) is 17.7. The predicted molar refractivity (Wildman–Crippen MR) is 97.9 cm³/mol. The van der Waals surface area contributed by atoms with Crippen molar-refractivity contribution in [3.05, 3.63) is 59.2 Å². The van der Waals surface area contributed by atoms with Crippen LogP contribution in [0.3, 0.4) is 0 Å². The highest BCUT2D eigenvalue weighted by Gasteiger charge is 2.25. The van der Waals surface area contributed by atoms with Gasteiger partial charge in [-0.3, -0.25) is 9.48 Å². The normalized spacial score (nSPS) is 14.8. The second kappa shape index (κ2) is 7.53. The lowest BCUT2D eigenvalue weighted by Crippen LogP contribution is -2.39. The molecule has 1 atom stereocenters. The molecule has 1 N–H and O–H groups in total. The number of hydrogen-bond donors (Lipinski definition) is 1. The minimum atomic E-state index is -0.773. The molecule has 1 unspecified atom stereocenters. The standard InChI is InChI=1S/C18H19N5O3S/c1-12-19-20-18(26-12)27-11-16(24)22-7-8-23-14(10-22)9-15(21-23)17(25)13-5-3-2-4-6-13/h2-6,9,17,25H,7-8,10-11H2,1H3. The molecule has 0 saturated heterocycles. The maximum atomic E-state index is 12.5. The zero-order chi connectivity index (χ0) is 18.8. The van der Waals surface area contributed by atoms with E-state index in [-0.39, 0.29) is 11.7 Å². The molecule has 3 heterocycles. The molecule has 3 aromatic rings. The molecule has 1 amide bonds. The summed E-state index contributed by atoms with van der Waals surface area (Å²) in [5.74, 6) is 0.736. The molecule has 0 aliphatic carbocycles. The maximum absolute atomic E-state index is 12.5. The van der Waals surface area contributed by atoms with Crippen LogP contribution in [0.1, 0.15) is 28.9 Å². The summed E-state index contributed by atoms with van der Waals surface area (Å²) in [4.78, 5) is 14.3. The molecule has 4 rings (SSSR count). The molecule has 0 radical (unpaired) electrons. The van der Waals surface area contributed by atoms with Crippen LogP contribution in [0.2, 0.25) is 0 Å². The number of aromatic nitrogens is 4. The van der Waals surface area contributed by atoms with E-state index in [4.69, 9.17) is 4.42 Å². The number of aliphatic hydroxyl groups is 1. The van der Waals surface area contributed by atoms with E-state index in [9.17, 15) is 9.90 Å². The number of nitrogens with zero attached hydrogens (tertiary/aromatic N) is 5. The Kier molecular flexibility index (Phi) is 4.95. The van der Waals surface area contributed by atoms with E-state index < -0.39 is 6.10 Å². The minimum Gasteiger partial charge on any atom is -0.416 e. The number of amides is 1. The van der Waals surface area contributed by atoms with E-state index in [1.165, 1.54) is 11.8 Å². The Labute approximate surface area is 160 Å². The van der Waals surface area contributed by atoms with Crippen molar-refractivity contribution in [3.63, 3.8) is 0 Å². The Morgan fingerprint density at radius 1 is 1.30 bits per heavy atom. The van der Waals surface area contributed by atoms with Gasteiger partial charge in [-0.25, -0.2) is 0 Å². The van der Waals surface area contributed by atoms with Gasteiger partial charge in [-0.05, 0) is 11.6 Å². The zero-order valence-electron chi connectivity index (χ0n) is 14.8. The van der Waals surface area contributed by atoms with Gasteiger partial charge >= 0.3 is 0 Å². The Balaban J connectivity index is 1.41. The summed E-state index contributed by atoms with van der Waals surface area (Å²) in [6.07, 6.45) is -0.773. The highest BCUT2D eigenvalue weighted by molar-refractivity contribution is 7.99. The molecule has 1 aliphatic heterocycles. The zero-order valence-corrected chi connectivity index (χ0v) is 15.6. The average Bonchev–Trinajstić information content (AvgIpc) is 3.31. The van der Waals surface area contributed by atoms with Crippen molar-refractivity contribution < 1.29 is 14.3 Å². The van der Waals surface area contributed by atoms with Gasteiger partial charge < -0.3 is 14.4 Å². The molecular weight excluding hydrogens is 366 g/mol. The summed E-state index contributed by atoms with van der Waals surface area (Å²) in [6.45, 7) is 3.37. The molecule has 1 aliphatic rings. The third-order valence-electron chi connectivity index (χ3n) is 4.39. The SMILES string of the molecule is Cc1nnc(SCC(=O)N2CCn3nc(C(O)c4ccccc4)cc3C2)o1. The van der Waals surface area contributed by atoms with Crippen molar-refractivity contribution in [2.45, 2.75) is 31.3 Å². The first-order valence-electron chi connectivity index (χ1n) is 8.60. The molecule has 0 saturated carbocycles. The smallest absolute Gasteiger partial charge is 0.277 e. The first-order chi connectivity index (χ1) is 13.1. The number of aliphatic hydroxyl groups excluding tert-OH is 1. The summed E-state index contributed by atoms with van der Waals surface area (Å²) in [5.41, 5.74) is 2.31. The van der Waals surface area contributed by atoms with Crippen LogP contribution >= 0.6 is 11.8 Å². The van der Waals surface area contributed by atoms with Gasteiger partial charge in [0.15, 0.2) is 0 Å². The van der Waals surface area contributed by atoms with Gasteiger partial charge in [0.1, 0.15) is 6.10 Å². The van der Waals surface area contributed by atoms with Gasteiger partial charge in [0, 0.05) is 13.5 Å². The van der Waals surface area contributed by atoms with Crippen molar-refractivity contribution in [1.29, 1.82) is 0 Å². The largest absolute Gasteiger partial charge is 0.416 e. The number of rotatable bonds is 5. The molecule has 0 spiro atoms. The lowest BCUT2D eigenvalue weighted by molar-refractivity contribution is -0.129. The van der Waals surface area contributed by atoms with Crippen LogP contribution in [0.4, 0.5) is 0 Å². The minimum absolute atomic E-state index is 0.00783. The number of carbonyl (C=O) groups excluding carboxylic acids is 1. The van der Waals surface area contributed by atoms with E-state index in [1.807, 2.05) is 41.1 Å². The maximum Gasteiger partial charge on any atom is 0.277 e. The van der Waals surface area contributed by atoms with Crippen LogP contribution < -0.4 is 0 Å². The van der Waals surface area contributed by atoms with Gasteiger partial charge in [0.2, 0.25) is 11.8 Å². The molecule has 140 valence electrons. The second-order valence-electron chi connectivity index (χ2n) is 6.29. The lowest BCUT2D eigenvalue weighted by atomic mass is 10.1. The van der Waals surface area contributed by atoms with E-state index in [0.717, 1.165) is 11.3 Å². The Hall–Kier alpha value is -2.65. The van der Waals surface area contributed by atoms with Crippen molar-refractivity contribution >= 4 is 17.7 Å². The van der Waals surface area contributed by atoms with E-state index >= 15 is 0 Å². The van der Waals surface area contributed by atoms with Gasteiger partial charge in [-0.1, -0.05) is 42.1 Å². The Morgan fingerprint density at radius 2 is 2.11 bits per heavy atom. The van der Waals surface area contributed by atoms with E-state index in [1.54, 1.807) is 11.8 Å². The molecule has 27 heavy (non-hydrogen) atoms. The Bertz CT molecular complexity index is 940. The highest BCUT2D eigenvalue weighted by Crippen LogP contribution is 2.24. The number of aryl methyl sites for hydroxylation is 1. The summed E-state index contributed by atoms with van der Waals surface area (Å²) < 4.78 is 7.14. The molecule has 0 bridgehead atoms. The molecular formula is C18H19N5O3S. The number of hydrogen-bond acceptors (Lipinski definition) is 7. The van der Waals surface area contributed by atoms with Gasteiger partial charge in [-0.15, -0.1) is 10.2 Å². The van der Waals surface area contributed by atoms with Crippen molar-refractivity contribution in [2.24, 2.45) is 0 Å².